The Balaban J connectivity index is 2.45. The van der Waals surface area contributed by atoms with E-state index in [1.165, 1.54) is 19.2 Å². The molecule has 0 aromatic heterocycles. The number of methoxy groups -OCH3 is 1. The van der Waals surface area contributed by atoms with E-state index >= 15 is 0 Å². The van der Waals surface area contributed by atoms with Crippen molar-refractivity contribution >= 4 is 37.3 Å². The van der Waals surface area contributed by atoms with Crippen LogP contribution < -0.4 is 15.2 Å². The minimum Gasteiger partial charge on any atom is -0.495 e. The third-order valence-corrected chi connectivity index (χ3v) is 4.78. The van der Waals surface area contributed by atoms with Gasteiger partial charge in [-0.3, -0.25) is 4.72 Å². The quantitative estimate of drug-likeness (QED) is 0.809. The first-order valence-corrected chi connectivity index (χ1v) is 8.33. The molecule has 0 aliphatic carbocycles. The topological polar surface area (TPSA) is 81.4 Å². The van der Waals surface area contributed by atoms with Crippen molar-refractivity contribution in [1.29, 1.82) is 0 Å². The molecular formula is C14H15BrN2O3S. The van der Waals surface area contributed by atoms with Crippen LogP contribution in [0.4, 0.5) is 11.4 Å². The molecule has 2 aromatic rings. The molecule has 0 unspecified atom stereocenters. The van der Waals surface area contributed by atoms with Crippen LogP contribution in [-0.2, 0) is 10.0 Å². The van der Waals surface area contributed by atoms with Crippen LogP contribution in [0.1, 0.15) is 5.56 Å². The van der Waals surface area contributed by atoms with E-state index in [1.54, 1.807) is 24.3 Å². The van der Waals surface area contributed by atoms with Gasteiger partial charge in [0, 0.05) is 4.47 Å². The smallest absolute Gasteiger partial charge is 0.264 e. The molecule has 0 bridgehead atoms. The highest BCUT2D eigenvalue weighted by atomic mass is 79.9. The summed E-state index contributed by atoms with van der Waals surface area (Å²) in [5, 5.41) is 0. The summed E-state index contributed by atoms with van der Waals surface area (Å²) >= 11 is 3.24. The molecule has 0 aliphatic rings. The molecule has 0 radical (unpaired) electrons. The van der Waals surface area contributed by atoms with Crippen LogP contribution in [0, 0.1) is 6.92 Å². The number of sulfonamides is 1. The molecule has 0 aliphatic heterocycles. The monoisotopic (exact) mass is 370 g/mol. The van der Waals surface area contributed by atoms with E-state index in [1.807, 2.05) is 6.92 Å². The maximum Gasteiger partial charge on any atom is 0.264 e. The van der Waals surface area contributed by atoms with E-state index in [0.29, 0.717) is 15.9 Å². The van der Waals surface area contributed by atoms with Crippen molar-refractivity contribution in [1.82, 2.24) is 0 Å². The number of hydrogen-bond donors (Lipinski definition) is 2. The second-order valence-corrected chi connectivity index (χ2v) is 7.06. The van der Waals surface area contributed by atoms with Crippen molar-refractivity contribution in [3.05, 3.63) is 46.4 Å². The van der Waals surface area contributed by atoms with Gasteiger partial charge >= 0.3 is 0 Å². The van der Waals surface area contributed by atoms with Crippen molar-refractivity contribution in [2.75, 3.05) is 17.6 Å². The number of benzene rings is 2. The van der Waals surface area contributed by atoms with Crippen molar-refractivity contribution in [3.8, 4) is 5.75 Å². The van der Waals surface area contributed by atoms with Crippen molar-refractivity contribution in [2.24, 2.45) is 0 Å². The van der Waals surface area contributed by atoms with Crippen molar-refractivity contribution in [2.45, 2.75) is 11.8 Å². The molecule has 0 heterocycles. The Kier molecular flexibility index (Phi) is 4.43. The summed E-state index contributed by atoms with van der Waals surface area (Å²) in [6.45, 7) is 1.90. The zero-order valence-corrected chi connectivity index (χ0v) is 14.0. The van der Waals surface area contributed by atoms with Gasteiger partial charge in [-0.1, -0.05) is 22.0 Å². The molecule has 2 aromatic carbocycles. The van der Waals surface area contributed by atoms with Crippen LogP contribution in [0.5, 0.6) is 5.75 Å². The van der Waals surface area contributed by atoms with Crippen molar-refractivity contribution < 1.29 is 13.2 Å². The van der Waals surface area contributed by atoms with Gasteiger partial charge in [-0.2, -0.15) is 0 Å². The van der Waals surface area contributed by atoms with Gasteiger partial charge in [0.05, 0.1) is 18.5 Å². The van der Waals surface area contributed by atoms with Gasteiger partial charge in [-0.05, 0) is 42.8 Å². The summed E-state index contributed by atoms with van der Waals surface area (Å²) in [5.74, 6) is 0.451. The van der Waals surface area contributed by atoms with Crippen molar-refractivity contribution in [3.63, 3.8) is 0 Å². The molecule has 3 N–H and O–H groups in total. The SMILES string of the molecule is COc1cc(C)ccc1NS(=O)(=O)c1cc(Br)ccc1N. The minimum atomic E-state index is -3.80. The van der Waals surface area contributed by atoms with Gasteiger partial charge in [0.25, 0.3) is 10.0 Å². The molecule has 5 nitrogen and oxygen atoms in total. The highest BCUT2D eigenvalue weighted by molar-refractivity contribution is 9.10. The molecule has 0 fully saturated rings. The van der Waals surface area contributed by atoms with Gasteiger partial charge in [0.15, 0.2) is 0 Å². The highest BCUT2D eigenvalue weighted by Gasteiger charge is 2.19. The lowest BCUT2D eigenvalue weighted by Crippen LogP contribution is -2.15. The Morgan fingerprint density at radius 1 is 1.19 bits per heavy atom. The average Bonchev–Trinajstić information content (AvgIpc) is 2.43. The normalized spacial score (nSPS) is 11.2. The second kappa shape index (κ2) is 5.95. The number of aryl methyl sites for hydroxylation is 1. The minimum absolute atomic E-state index is 0.0134. The zero-order chi connectivity index (χ0) is 15.6. The Bertz CT molecular complexity index is 776. The van der Waals surface area contributed by atoms with Crippen LogP contribution in [-0.4, -0.2) is 15.5 Å². The molecule has 21 heavy (non-hydrogen) atoms. The number of nitrogen functional groups attached to an aromatic ring is 1. The average molecular weight is 371 g/mol. The van der Waals surface area contributed by atoms with E-state index < -0.39 is 10.0 Å². The summed E-state index contributed by atoms with van der Waals surface area (Å²) < 4.78 is 33.2. The number of ether oxygens (including phenoxy) is 1. The van der Waals surface area contributed by atoms with Gasteiger partial charge < -0.3 is 10.5 Å². The van der Waals surface area contributed by atoms with E-state index in [2.05, 4.69) is 20.7 Å². The number of halogens is 1. The molecule has 112 valence electrons. The van der Waals surface area contributed by atoms with Crippen LogP contribution in [0.2, 0.25) is 0 Å². The van der Waals surface area contributed by atoms with Crippen LogP contribution in [0.15, 0.2) is 45.8 Å². The maximum atomic E-state index is 12.5. The number of rotatable bonds is 4. The first-order valence-electron chi connectivity index (χ1n) is 6.06. The number of nitrogens with two attached hydrogens (primary N) is 1. The first-order chi connectivity index (χ1) is 9.83. The second-order valence-electron chi connectivity index (χ2n) is 4.49. The Labute approximate surface area is 132 Å². The lowest BCUT2D eigenvalue weighted by atomic mass is 10.2. The molecule has 7 heteroatoms. The predicted octanol–water partition coefficient (Wildman–Crippen LogP) is 3.15. The molecule has 0 amide bonds. The maximum absolute atomic E-state index is 12.5. The fourth-order valence-corrected chi connectivity index (χ4v) is 3.56. The lowest BCUT2D eigenvalue weighted by molar-refractivity contribution is 0.416. The summed E-state index contributed by atoms with van der Waals surface area (Å²) in [6, 6.07) is 9.87. The van der Waals surface area contributed by atoms with E-state index in [-0.39, 0.29) is 10.6 Å². The summed E-state index contributed by atoms with van der Waals surface area (Å²) in [5.41, 5.74) is 7.26. The van der Waals surface area contributed by atoms with E-state index in [9.17, 15) is 8.42 Å². The molecule has 0 spiro atoms. The fraction of sp³-hybridized carbons (Fsp3) is 0.143. The van der Waals surface area contributed by atoms with Gasteiger partial charge in [-0.15, -0.1) is 0 Å². The molecule has 0 saturated heterocycles. The third-order valence-electron chi connectivity index (χ3n) is 2.87. The van der Waals surface area contributed by atoms with E-state index in [4.69, 9.17) is 10.5 Å². The summed E-state index contributed by atoms with van der Waals surface area (Å²) in [6.07, 6.45) is 0. The Hall–Kier alpha value is -1.73. The van der Waals surface area contributed by atoms with Gasteiger partial charge in [0.1, 0.15) is 10.6 Å². The summed E-state index contributed by atoms with van der Waals surface area (Å²) in [4.78, 5) is 0.0134. The first kappa shape index (κ1) is 15.7. The van der Waals surface area contributed by atoms with Crippen LogP contribution in [0.25, 0.3) is 0 Å². The molecular weight excluding hydrogens is 356 g/mol. The summed E-state index contributed by atoms with van der Waals surface area (Å²) in [7, 11) is -2.31. The standard InChI is InChI=1S/C14H15BrN2O3S/c1-9-3-6-12(13(7-9)20-2)17-21(18,19)14-8-10(15)4-5-11(14)16/h3-8,17H,16H2,1-2H3. The largest absolute Gasteiger partial charge is 0.495 e. The molecule has 0 atom stereocenters. The zero-order valence-electron chi connectivity index (χ0n) is 11.6. The predicted molar refractivity (Wildman–Crippen MR) is 87.1 cm³/mol. The number of nitrogens with one attached hydrogen (secondary N) is 1. The van der Waals surface area contributed by atoms with Crippen LogP contribution in [0.3, 0.4) is 0 Å². The Morgan fingerprint density at radius 3 is 2.57 bits per heavy atom. The fourth-order valence-electron chi connectivity index (χ4n) is 1.82. The lowest BCUT2D eigenvalue weighted by Gasteiger charge is -2.13. The molecule has 2 rings (SSSR count). The number of anilines is 2. The molecule has 0 saturated carbocycles. The van der Waals surface area contributed by atoms with E-state index in [0.717, 1.165) is 5.56 Å². The van der Waals surface area contributed by atoms with Crippen LogP contribution >= 0.6 is 15.9 Å². The van der Waals surface area contributed by atoms with Gasteiger partial charge in [-0.25, -0.2) is 8.42 Å². The van der Waals surface area contributed by atoms with Gasteiger partial charge in [0.2, 0.25) is 0 Å². The highest BCUT2D eigenvalue weighted by Crippen LogP contribution is 2.30. The Morgan fingerprint density at radius 2 is 1.90 bits per heavy atom. The third kappa shape index (κ3) is 3.48. The number of hydrogen-bond acceptors (Lipinski definition) is 4.